The van der Waals surface area contributed by atoms with Gasteiger partial charge < -0.3 is 0 Å². The summed E-state index contributed by atoms with van der Waals surface area (Å²) in [5.74, 6) is 0. The topological polar surface area (TPSA) is 29.4 Å². The average Bonchev–Trinajstić information content (AvgIpc) is 2.39. The highest BCUT2D eigenvalue weighted by molar-refractivity contribution is 5.71. The quantitative estimate of drug-likeness (QED) is 0.440. The molecule has 82 valence electrons. The second kappa shape index (κ2) is 5.59. The molecular formula is C15H11NO. The van der Waals surface area contributed by atoms with Crippen molar-refractivity contribution in [3.63, 3.8) is 0 Å². The molecule has 0 bridgehead atoms. The van der Waals surface area contributed by atoms with E-state index in [-0.39, 0.29) is 0 Å². The van der Waals surface area contributed by atoms with E-state index in [0.29, 0.717) is 5.69 Å². The molecular weight excluding hydrogens is 210 g/mol. The van der Waals surface area contributed by atoms with Crippen molar-refractivity contribution in [3.05, 3.63) is 65.7 Å². The molecule has 0 aliphatic rings. The zero-order valence-corrected chi connectivity index (χ0v) is 9.21. The van der Waals surface area contributed by atoms with Crippen molar-refractivity contribution in [3.8, 4) is 0 Å². The third kappa shape index (κ3) is 3.26. The zero-order valence-electron chi connectivity index (χ0n) is 9.21. The second-order valence-electron chi connectivity index (χ2n) is 3.54. The molecule has 0 aromatic heterocycles. The molecule has 0 unspecified atom stereocenters. The van der Waals surface area contributed by atoms with Gasteiger partial charge in [-0.25, -0.2) is 4.79 Å². The van der Waals surface area contributed by atoms with E-state index in [1.165, 1.54) is 6.08 Å². The van der Waals surface area contributed by atoms with Crippen LogP contribution >= 0.6 is 0 Å². The molecule has 0 N–H and O–H groups in total. The van der Waals surface area contributed by atoms with E-state index in [1.807, 2.05) is 60.7 Å². The van der Waals surface area contributed by atoms with Crippen molar-refractivity contribution in [2.45, 2.75) is 0 Å². The monoisotopic (exact) mass is 221 g/mol. The number of hydrogen-bond donors (Lipinski definition) is 0. The molecule has 0 fully saturated rings. The molecule has 0 spiro atoms. The Morgan fingerprint density at radius 2 is 1.59 bits per heavy atom. The molecule has 2 heteroatoms. The zero-order chi connectivity index (χ0) is 11.9. The molecule has 2 aromatic carbocycles. The first-order valence-corrected chi connectivity index (χ1v) is 5.29. The van der Waals surface area contributed by atoms with Gasteiger partial charge in [0.15, 0.2) is 0 Å². The Bertz CT molecular complexity index is 566. The maximum atomic E-state index is 10.2. The van der Waals surface area contributed by atoms with Crippen LogP contribution in [0.3, 0.4) is 0 Å². The average molecular weight is 221 g/mol. The highest BCUT2D eigenvalue weighted by Crippen LogP contribution is 2.15. The van der Waals surface area contributed by atoms with Crippen molar-refractivity contribution in [1.29, 1.82) is 0 Å². The van der Waals surface area contributed by atoms with Crippen LogP contribution in [0.25, 0.3) is 12.2 Å². The van der Waals surface area contributed by atoms with E-state index >= 15 is 0 Å². The first-order chi connectivity index (χ1) is 8.38. The molecule has 0 amide bonds. The van der Waals surface area contributed by atoms with E-state index in [1.54, 1.807) is 6.07 Å². The van der Waals surface area contributed by atoms with Gasteiger partial charge in [0.25, 0.3) is 0 Å². The Labute approximate surface area is 100.0 Å². The van der Waals surface area contributed by atoms with Gasteiger partial charge in [0, 0.05) is 0 Å². The lowest BCUT2D eigenvalue weighted by Crippen LogP contribution is -1.72. The Morgan fingerprint density at radius 1 is 0.882 bits per heavy atom. The summed E-state index contributed by atoms with van der Waals surface area (Å²) in [4.78, 5) is 13.7. The number of isocyanates is 1. The summed E-state index contributed by atoms with van der Waals surface area (Å²) in [6, 6.07) is 17.5. The van der Waals surface area contributed by atoms with E-state index < -0.39 is 0 Å². The maximum absolute atomic E-state index is 10.2. The smallest absolute Gasteiger partial charge is 0.211 e. The Morgan fingerprint density at radius 3 is 2.35 bits per heavy atom. The summed E-state index contributed by atoms with van der Waals surface area (Å²) in [7, 11) is 0. The van der Waals surface area contributed by atoms with Gasteiger partial charge in [0.2, 0.25) is 6.08 Å². The van der Waals surface area contributed by atoms with Gasteiger partial charge in [-0.1, -0.05) is 54.6 Å². The number of carbonyl (C=O) groups excluding carboxylic acids is 1. The number of aliphatic imine (C=N–C) groups is 1. The fourth-order valence-electron chi connectivity index (χ4n) is 1.51. The SMILES string of the molecule is O=C=Nc1cccc(C=Cc2ccccc2)c1. The van der Waals surface area contributed by atoms with Gasteiger partial charge in [-0.3, -0.25) is 0 Å². The number of benzene rings is 2. The van der Waals surface area contributed by atoms with Gasteiger partial charge in [-0.05, 0) is 23.3 Å². The molecule has 2 rings (SSSR count). The van der Waals surface area contributed by atoms with Crippen molar-refractivity contribution in [1.82, 2.24) is 0 Å². The van der Waals surface area contributed by atoms with Gasteiger partial charge >= 0.3 is 0 Å². The van der Waals surface area contributed by atoms with Crippen molar-refractivity contribution in [2.24, 2.45) is 4.99 Å². The maximum Gasteiger partial charge on any atom is 0.240 e. The minimum Gasteiger partial charge on any atom is -0.211 e. The molecule has 17 heavy (non-hydrogen) atoms. The fraction of sp³-hybridized carbons (Fsp3) is 0. The van der Waals surface area contributed by atoms with Crippen LogP contribution in [0.4, 0.5) is 5.69 Å². The van der Waals surface area contributed by atoms with E-state index in [0.717, 1.165) is 11.1 Å². The third-order valence-corrected chi connectivity index (χ3v) is 2.31. The number of hydrogen-bond acceptors (Lipinski definition) is 2. The summed E-state index contributed by atoms with van der Waals surface area (Å²) in [5, 5.41) is 0. The lowest BCUT2D eigenvalue weighted by Gasteiger charge is -1.95. The minimum absolute atomic E-state index is 0.621. The highest BCUT2D eigenvalue weighted by atomic mass is 16.1. The van der Waals surface area contributed by atoms with Gasteiger partial charge in [0.05, 0.1) is 5.69 Å². The van der Waals surface area contributed by atoms with Crippen LogP contribution in [-0.4, -0.2) is 6.08 Å². The van der Waals surface area contributed by atoms with Crippen molar-refractivity contribution < 1.29 is 4.79 Å². The Hall–Kier alpha value is -2.44. The van der Waals surface area contributed by atoms with Gasteiger partial charge in [0.1, 0.15) is 0 Å². The summed E-state index contributed by atoms with van der Waals surface area (Å²) >= 11 is 0. The van der Waals surface area contributed by atoms with Gasteiger partial charge in [-0.2, -0.15) is 4.99 Å². The fourth-order valence-corrected chi connectivity index (χ4v) is 1.51. The summed E-state index contributed by atoms with van der Waals surface area (Å²) in [6.45, 7) is 0. The van der Waals surface area contributed by atoms with Crippen LogP contribution in [0.15, 0.2) is 59.6 Å². The normalized spacial score (nSPS) is 10.1. The highest BCUT2D eigenvalue weighted by Gasteiger charge is 1.91. The third-order valence-electron chi connectivity index (χ3n) is 2.31. The van der Waals surface area contributed by atoms with E-state index in [4.69, 9.17) is 0 Å². The number of rotatable bonds is 3. The molecule has 0 aliphatic heterocycles. The van der Waals surface area contributed by atoms with Crippen LogP contribution in [0, 0.1) is 0 Å². The molecule has 0 aliphatic carbocycles. The van der Waals surface area contributed by atoms with Crippen LogP contribution in [0.5, 0.6) is 0 Å². The predicted octanol–water partition coefficient (Wildman–Crippen LogP) is 3.82. The van der Waals surface area contributed by atoms with E-state index in [2.05, 4.69) is 4.99 Å². The van der Waals surface area contributed by atoms with Crippen molar-refractivity contribution >= 4 is 23.9 Å². The first-order valence-electron chi connectivity index (χ1n) is 5.29. The molecule has 0 radical (unpaired) electrons. The molecule has 0 saturated heterocycles. The largest absolute Gasteiger partial charge is 0.240 e. The molecule has 0 saturated carbocycles. The first kappa shape index (κ1) is 11.1. The molecule has 2 aromatic rings. The lowest BCUT2D eigenvalue weighted by molar-refractivity contribution is 0.565. The Balaban J connectivity index is 2.21. The van der Waals surface area contributed by atoms with Gasteiger partial charge in [-0.15, -0.1) is 0 Å². The van der Waals surface area contributed by atoms with Crippen LogP contribution in [0.1, 0.15) is 11.1 Å². The second-order valence-corrected chi connectivity index (χ2v) is 3.54. The summed E-state index contributed by atoms with van der Waals surface area (Å²) in [6.07, 6.45) is 5.54. The van der Waals surface area contributed by atoms with Crippen LogP contribution in [-0.2, 0) is 4.79 Å². The van der Waals surface area contributed by atoms with Crippen LogP contribution in [0.2, 0.25) is 0 Å². The summed E-state index contributed by atoms with van der Waals surface area (Å²) in [5.41, 5.74) is 2.76. The molecule has 0 atom stereocenters. The Kier molecular flexibility index (Phi) is 3.64. The molecule has 0 heterocycles. The van der Waals surface area contributed by atoms with Crippen LogP contribution < -0.4 is 0 Å². The van der Waals surface area contributed by atoms with E-state index in [9.17, 15) is 4.79 Å². The summed E-state index contributed by atoms with van der Waals surface area (Å²) < 4.78 is 0. The predicted molar refractivity (Wildman–Crippen MR) is 69.6 cm³/mol. The number of nitrogens with zero attached hydrogens (tertiary/aromatic N) is 1. The van der Waals surface area contributed by atoms with Crippen molar-refractivity contribution in [2.75, 3.05) is 0 Å². The lowest BCUT2D eigenvalue weighted by atomic mass is 10.1. The standard InChI is InChI=1S/C15H11NO/c17-12-16-15-8-4-7-14(11-15)10-9-13-5-2-1-3-6-13/h1-11H. The molecule has 2 nitrogen and oxygen atoms in total. The minimum atomic E-state index is 0.621.